The summed E-state index contributed by atoms with van der Waals surface area (Å²) in [6, 6.07) is 0. The van der Waals surface area contributed by atoms with Gasteiger partial charge in [-0.25, -0.2) is 0 Å². The van der Waals surface area contributed by atoms with Gasteiger partial charge >= 0.3 is 0 Å². The van der Waals surface area contributed by atoms with Crippen LogP contribution < -0.4 is 0 Å². The van der Waals surface area contributed by atoms with Crippen LogP contribution in [0, 0.1) is 0 Å². The fraction of sp³-hybridized carbons (Fsp3) is 1.00. The van der Waals surface area contributed by atoms with Gasteiger partial charge in [0.05, 0.1) is 39.6 Å². The molecule has 0 aromatic carbocycles. The highest BCUT2D eigenvalue weighted by atomic mass is 16.6. The zero-order valence-corrected chi connectivity index (χ0v) is 9.44. The number of hydrogen-bond donors (Lipinski definition) is 0. The first-order valence-electron chi connectivity index (χ1n) is 5.17. The van der Waals surface area contributed by atoms with Crippen molar-refractivity contribution >= 4 is 0 Å². The predicted molar refractivity (Wildman–Crippen MR) is 54.1 cm³/mol. The van der Waals surface area contributed by atoms with Crippen molar-refractivity contribution in [3.8, 4) is 0 Å². The zero-order chi connectivity index (χ0) is 10.9. The summed E-state index contributed by atoms with van der Waals surface area (Å²) in [5, 5.41) is 0. The van der Waals surface area contributed by atoms with Gasteiger partial charge in [0, 0.05) is 14.2 Å². The molecule has 0 amide bonds. The molecule has 0 saturated carbocycles. The standard InChI is InChI=1S/C10H20O5/c1-11-3-5-13-7-9-10(15-9)8-14-6-4-12-2/h9-10H,3-8H2,1-2H3. The molecule has 0 aromatic heterocycles. The molecule has 1 aliphatic rings. The van der Waals surface area contributed by atoms with Crippen molar-refractivity contribution < 1.29 is 23.7 Å². The minimum absolute atomic E-state index is 0.199. The molecule has 0 bridgehead atoms. The van der Waals surface area contributed by atoms with E-state index in [-0.39, 0.29) is 12.2 Å². The molecule has 5 heteroatoms. The first-order chi connectivity index (χ1) is 7.38. The Hall–Kier alpha value is -0.200. The Balaban J connectivity index is 1.81. The van der Waals surface area contributed by atoms with Crippen molar-refractivity contribution in [2.75, 3.05) is 53.9 Å². The number of methoxy groups -OCH3 is 2. The van der Waals surface area contributed by atoms with Crippen LogP contribution in [0.25, 0.3) is 0 Å². The van der Waals surface area contributed by atoms with Crippen molar-refractivity contribution in [1.29, 1.82) is 0 Å². The van der Waals surface area contributed by atoms with E-state index in [1.807, 2.05) is 0 Å². The summed E-state index contributed by atoms with van der Waals surface area (Å²) in [6.07, 6.45) is 0.397. The Kier molecular flexibility index (Phi) is 6.87. The van der Waals surface area contributed by atoms with Gasteiger partial charge in [0.15, 0.2) is 0 Å². The highest BCUT2D eigenvalue weighted by molar-refractivity contribution is 4.84. The minimum atomic E-state index is 0.199. The summed E-state index contributed by atoms with van der Waals surface area (Å²) in [5.74, 6) is 0. The van der Waals surface area contributed by atoms with Crippen LogP contribution in [0.15, 0.2) is 0 Å². The van der Waals surface area contributed by atoms with Crippen LogP contribution in [0.1, 0.15) is 0 Å². The molecule has 1 aliphatic heterocycles. The lowest BCUT2D eigenvalue weighted by molar-refractivity contribution is 0.0615. The summed E-state index contributed by atoms with van der Waals surface area (Å²) in [4.78, 5) is 0. The number of hydrogen-bond acceptors (Lipinski definition) is 5. The van der Waals surface area contributed by atoms with E-state index in [1.165, 1.54) is 0 Å². The smallest absolute Gasteiger partial charge is 0.110 e. The average molecular weight is 220 g/mol. The summed E-state index contributed by atoms with van der Waals surface area (Å²) in [5.41, 5.74) is 0. The quantitative estimate of drug-likeness (QED) is 0.385. The number of rotatable bonds is 10. The van der Waals surface area contributed by atoms with E-state index in [1.54, 1.807) is 14.2 Å². The first-order valence-corrected chi connectivity index (χ1v) is 5.17. The Labute approximate surface area is 90.6 Å². The third-order valence-corrected chi connectivity index (χ3v) is 2.12. The van der Waals surface area contributed by atoms with Gasteiger partial charge < -0.3 is 23.7 Å². The van der Waals surface area contributed by atoms with Gasteiger partial charge in [-0.15, -0.1) is 0 Å². The molecule has 1 heterocycles. The van der Waals surface area contributed by atoms with Crippen LogP contribution in [-0.4, -0.2) is 66.1 Å². The summed E-state index contributed by atoms with van der Waals surface area (Å²) < 4.78 is 25.7. The molecular formula is C10H20O5. The van der Waals surface area contributed by atoms with E-state index >= 15 is 0 Å². The van der Waals surface area contributed by atoms with Gasteiger partial charge in [-0.3, -0.25) is 0 Å². The normalized spacial score (nSPS) is 24.4. The first kappa shape index (κ1) is 12.9. The van der Waals surface area contributed by atoms with Crippen LogP contribution in [0.5, 0.6) is 0 Å². The average Bonchev–Trinajstić information content (AvgIpc) is 2.99. The van der Waals surface area contributed by atoms with E-state index < -0.39 is 0 Å². The maximum atomic E-state index is 5.35. The van der Waals surface area contributed by atoms with Gasteiger partial charge in [0.1, 0.15) is 12.2 Å². The van der Waals surface area contributed by atoms with E-state index in [2.05, 4.69) is 0 Å². The maximum Gasteiger partial charge on any atom is 0.110 e. The van der Waals surface area contributed by atoms with Gasteiger partial charge in [-0.2, -0.15) is 0 Å². The van der Waals surface area contributed by atoms with Gasteiger partial charge in [-0.1, -0.05) is 0 Å². The molecule has 0 aromatic rings. The van der Waals surface area contributed by atoms with Crippen molar-refractivity contribution in [2.45, 2.75) is 12.2 Å². The summed E-state index contributed by atoms with van der Waals surface area (Å²) in [7, 11) is 3.31. The number of ether oxygens (including phenoxy) is 5. The van der Waals surface area contributed by atoms with Gasteiger partial charge in [-0.05, 0) is 0 Å². The molecule has 1 rings (SSSR count). The SMILES string of the molecule is COCCOCC1OC1COCCOC. The molecule has 1 fully saturated rings. The van der Waals surface area contributed by atoms with Crippen molar-refractivity contribution in [1.82, 2.24) is 0 Å². The molecule has 0 spiro atoms. The van der Waals surface area contributed by atoms with Gasteiger partial charge in [0.25, 0.3) is 0 Å². The second kappa shape index (κ2) is 8.01. The highest BCUT2D eigenvalue weighted by Gasteiger charge is 2.38. The highest BCUT2D eigenvalue weighted by Crippen LogP contribution is 2.22. The van der Waals surface area contributed by atoms with E-state index in [0.29, 0.717) is 39.6 Å². The summed E-state index contributed by atoms with van der Waals surface area (Å²) >= 11 is 0. The van der Waals surface area contributed by atoms with E-state index in [4.69, 9.17) is 23.7 Å². The van der Waals surface area contributed by atoms with Crippen molar-refractivity contribution in [3.05, 3.63) is 0 Å². The van der Waals surface area contributed by atoms with Crippen molar-refractivity contribution in [2.24, 2.45) is 0 Å². The molecule has 90 valence electrons. The lowest BCUT2D eigenvalue weighted by atomic mass is 10.3. The van der Waals surface area contributed by atoms with Crippen LogP contribution >= 0.6 is 0 Å². The second-order valence-corrected chi connectivity index (χ2v) is 3.35. The molecule has 0 N–H and O–H groups in total. The Bertz CT molecular complexity index is 137. The Morgan fingerprint density at radius 2 is 1.27 bits per heavy atom. The maximum absolute atomic E-state index is 5.35. The van der Waals surface area contributed by atoms with Gasteiger partial charge in [0.2, 0.25) is 0 Å². The monoisotopic (exact) mass is 220 g/mol. The van der Waals surface area contributed by atoms with Crippen LogP contribution in [0.2, 0.25) is 0 Å². The zero-order valence-electron chi connectivity index (χ0n) is 9.44. The van der Waals surface area contributed by atoms with E-state index in [9.17, 15) is 0 Å². The second-order valence-electron chi connectivity index (χ2n) is 3.35. The molecule has 1 saturated heterocycles. The Morgan fingerprint density at radius 1 is 0.800 bits per heavy atom. The predicted octanol–water partition coefficient (Wildman–Crippen LogP) is 0.0798. The summed E-state index contributed by atoms with van der Waals surface area (Å²) in [6.45, 7) is 3.74. The molecule has 15 heavy (non-hydrogen) atoms. The fourth-order valence-electron chi connectivity index (χ4n) is 1.16. The molecule has 2 atom stereocenters. The third kappa shape index (κ3) is 6.06. The topological polar surface area (TPSA) is 49.5 Å². The molecular weight excluding hydrogens is 200 g/mol. The van der Waals surface area contributed by atoms with Crippen LogP contribution in [0.4, 0.5) is 0 Å². The molecule has 5 nitrogen and oxygen atoms in total. The van der Waals surface area contributed by atoms with Crippen LogP contribution in [0.3, 0.4) is 0 Å². The van der Waals surface area contributed by atoms with Crippen LogP contribution in [-0.2, 0) is 23.7 Å². The minimum Gasteiger partial charge on any atom is -0.382 e. The largest absolute Gasteiger partial charge is 0.382 e. The molecule has 0 aliphatic carbocycles. The lowest BCUT2D eigenvalue weighted by Crippen LogP contribution is -2.13. The van der Waals surface area contributed by atoms with Crippen molar-refractivity contribution in [3.63, 3.8) is 0 Å². The molecule has 2 unspecified atom stereocenters. The number of epoxide rings is 1. The fourth-order valence-corrected chi connectivity index (χ4v) is 1.16. The molecule has 0 radical (unpaired) electrons. The third-order valence-electron chi connectivity index (χ3n) is 2.12. The van der Waals surface area contributed by atoms with E-state index in [0.717, 1.165) is 0 Å². The Morgan fingerprint density at radius 3 is 1.67 bits per heavy atom. The lowest BCUT2D eigenvalue weighted by Gasteiger charge is -2.01.